The van der Waals surface area contributed by atoms with Crippen molar-refractivity contribution < 1.29 is 22.9 Å². The first-order chi connectivity index (χ1) is 18.0. The summed E-state index contributed by atoms with van der Waals surface area (Å²) < 4.78 is 29.0. The van der Waals surface area contributed by atoms with Gasteiger partial charge in [-0.3, -0.25) is 24.0 Å². The van der Waals surface area contributed by atoms with Crippen LogP contribution in [0.5, 0.6) is 0 Å². The molecular weight excluding hydrogens is 576 g/mol. The van der Waals surface area contributed by atoms with Crippen molar-refractivity contribution in [2.45, 2.75) is 31.3 Å². The Morgan fingerprint density at radius 3 is 2.29 bits per heavy atom. The van der Waals surface area contributed by atoms with E-state index in [4.69, 9.17) is 0 Å². The van der Waals surface area contributed by atoms with Crippen LogP contribution in [0.2, 0.25) is 0 Å². The molecule has 1 N–H and O–H groups in total. The van der Waals surface area contributed by atoms with Crippen molar-refractivity contribution in [1.29, 1.82) is 0 Å². The molecule has 0 bridgehead atoms. The number of nitro benzene ring substituents is 1. The Balaban J connectivity index is 2.05. The first kappa shape index (κ1) is 28.8. The molecule has 0 saturated heterocycles. The number of non-ortho nitro benzene ring substituents is 1. The molecule has 12 heteroatoms. The molecule has 0 heterocycles. The minimum atomic E-state index is -4.30. The van der Waals surface area contributed by atoms with Crippen LogP contribution in [0, 0.1) is 10.1 Å². The molecular formula is C26H27BrN4O6S. The largest absolute Gasteiger partial charge is 0.355 e. The number of halogens is 1. The Kier molecular flexibility index (Phi) is 9.59. The Hall–Kier alpha value is -3.77. The third kappa shape index (κ3) is 6.95. The van der Waals surface area contributed by atoms with Crippen LogP contribution >= 0.6 is 15.9 Å². The summed E-state index contributed by atoms with van der Waals surface area (Å²) in [5.41, 5.74) is 0.349. The Morgan fingerprint density at radius 1 is 1.03 bits per heavy atom. The highest BCUT2D eigenvalue weighted by Gasteiger charge is 2.33. The molecule has 1 unspecified atom stereocenters. The van der Waals surface area contributed by atoms with Crippen molar-refractivity contribution in [2.75, 3.05) is 17.4 Å². The lowest BCUT2D eigenvalue weighted by atomic mass is 10.1. The van der Waals surface area contributed by atoms with Gasteiger partial charge in [-0.25, -0.2) is 8.42 Å². The second-order valence-corrected chi connectivity index (χ2v) is 11.1. The molecule has 3 aromatic carbocycles. The summed E-state index contributed by atoms with van der Waals surface area (Å²) in [6.45, 7) is 3.02. The Labute approximate surface area is 229 Å². The number of likely N-dealkylation sites (N-methyl/N-ethyl adjacent to an activating group) is 1. The number of rotatable bonds is 11. The van der Waals surface area contributed by atoms with Gasteiger partial charge in [0.1, 0.15) is 12.6 Å². The molecule has 0 spiro atoms. The number of benzene rings is 3. The van der Waals surface area contributed by atoms with Crippen LogP contribution in [0.15, 0.2) is 88.2 Å². The smallest absolute Gasteiger partial charge is 0.271 e. The molecule has 0 fully saturated rings. The minimum absolute atomic E-state index is 0.0403. The highest BCUT2D eigenvalue weighted by molar-refractivity contribution is 9.10. The van der Waals surface area contributed by atoms with Gasteiger partial charge in [0, 0.05) is 29.7 Å². The van der Waals surface area contributed by atoms with Gasteiger partial charge in [0.15, 0.2) is 0 Å². The summed E-state index contributed by atoms with van der Waals surface area (Å²) in [4.78, 5) is 38.4. The van der Waals surface area contributed by atoms with Gasteiger partial charge in [-0.2, -0.15) is 0 Å². The summed E-state index contributed by atoms with van der Waals surface area (Å²) in [6, 6.07) is 18.8. The maximum atomic E-state index is 13.7. The molecule has 0 aliphatic heterocycles. The number of anilines is 1. The first-order valence-electron chi connectivity index (χ1n) is 11.7. The quantitative estimate of drug-likeness (QED) is 0.260. The molecule has 3 rings (SSSR count). The van der Waals surface area contributed by atoms with Gasteiger partial charge in [0.2, 0.25) is 11.8 Å². The van der Waals surface area contributed by atoms with Crippen LogP contribution < -0.4 is 9.62 Å². The van der Waals surface area contributed by atoms with Gasteiger partial charge in [-0.05, 0) is 49.7 Å². The maximum absolute atomic E-state index is 13.7. The average Bonchev–Trinajstić information content (AvgIpc) is 2.91. The number of carbonyl (C=O) groups excluding carboxylic acids is 2. The van der Waals surface area contributed by atoms with Crippen LogP contribution in [0.25, 0.3) is 0 Å². The van der Waals surface area contributed by atoms with E-state index in [-0.39, 0.29) is 22.8 Å². The molecule has 0 radical (unpaired) electrons. The van der Waals surface area contributed by atoms with Crippen molar-refractivity contribution in [1.82, 2.24) is 10.2 Å². The molecule has 0 aliphatic rings. The first-order valence-corrected chi connectivity index (χ1v) is 13.9. The van der Waals surface area contributed by atoms with E-state index in [1.165, 1.54) is 47.4 Å². The summed E-state index contributed by atoms with van der Waals surface area (Å²) in [7, 11) is -4.30. The highest BCUT2D eigenvalue weighted by atomic mass is 79.9. The third-order valence-corrected chi connectivity index (χ3v) is 8.04. The van der Waals surface area contributed by atoms with Crippen LogP contribution in [0.1, 0.15) is 19.4 Å². The van der Waals surface area contributed by atoms with Crippen molar-refractivity contribution >= 4 is 49.1 Å². The van der Waals surface area contributed by atoms with Gasteiger partial charge in [0.25, 0.3) is 15.7 Å². The summed E-state index contributed by atoms with van der Waals surface area (Å²) >= 11 is 3.37. The van der Waals surface area contributed by atoms with Crippen molar-refractivity contribution in [2.24, 2.45) is 0 Å². The van der Waals surface area contributed by atoms with E-state index in [2.05, 4.69) is 21.2 Å². The van der Waals surface area contributed by atoms with E-state index in [1.54, 1.807) is 44.2 Å². The third-order valence-electron chi connectivity index (χ3n) is 5.72. The number of nitrogens with zero attached hydrogens (tertiary/aromatic N) is 3. The molecule has 0 aromatic heterocycles. The highest BCUT2D eigenvalue weighted by Crippen LogP contribution is 2.27. The number of hydrogen-bond acceptors (Lipinski definition) is 6. The van der Waals surface area contributed by atoms with E-state index in [0.29, 0.717) is 6.54 Å². The fourth-order valence-corrected chi connectivity index (χ4v) is 5.39. The van der Waals surface area contributed by atoms with Gasteiger partial charge >= 0.3 is 0 Å². The number of amides is 2. The fraction of sp³-hybridized carbons (Fsp3) is 0.231. The molecule has 3 aromatic rings. The van der Waals surface area contributed by atoms with Crippen molar-refractivity contribution in [3.63, 3.8) is 0 Å². The van der Waals surface area contributed by atoms with Crippen molar-refractivity contribution in [3.05, 3.63) is 99.0 Å². The zero-order valence-electron chi connectivity index (χ0n) is 20.8. The maximum Gasteiger partial charge on any atom is 0.271 e. The number of hydrogen-bond donors (Lipinski definition) is 1. The normalized spacial score (nSPS) is 11.9. The number of nitrogens with one attached hydrogen (secondary N) is 1. The minimum Gasteiger partial charge on any atom is -0.355 e. The van der Waals surface area contributed by atoms with Crippen LogP contribution in [-0.2, 0) is 26.2 Å². The lowest BCUT2D eigenvalue weighted by Crippen LogP contribution is -2.51. The van der Waals surface area contributed by atoms with Crippen molar-refractivity contribution in [3.8, 4) is 0 Å². The fourth-order valence-electron chi connectivity index (χ4n) is 3.70. The zero-order chi connectivity index (χ0) is 27.9. The summed E-state index contributed by atoms with van der Waals surface area (Å²) in [6.07, 6.45) is 0. The lowest BCUT2D eigenvalue weighted by molar-refractivity contribution is -0.384. The zero-order valence-corrected chi connectivity index (χ0v) is 23.2. The van der Waals surface area contributed by atoms with E-state index in [1.807, 2.05) is 0 Å². The van der Waals surface area contributed by atoms with E-state index in [9.17, 15) is 28.1 Å². The second-order valence-electron chi connectivity index (χ2n) is 8.32. The van der Waals surface area contributed by atoms with Gasteiger partial charge in [-0.1, -0.05) is 52.3 Å². The van der Waals surface area contributed by atoms with E-state index in [0.717, 1.165) is 20.4 Å². The van der Waals surface area contributed by atoms with Gasteiger partial charge in [-0.15, -0.1) is 0 Å². The predicted octanol–water partition coefficient (Wildman–Crippen LogP) is 4.11. The topological polar surface area (TPSA) is 130 Å². The van der Waals surface area contributed by atoms with Crippen LogP contribution in [0.3, 0.4) is 0 Å². The lowest BCUT2D eigenvalue weighted by Gasteiger charge is -2.32. The Morgan fingerprint density at radius 2 is 1.68 bits per heavy atom. The van der Waals surface area contributed by atoms with E-state index < -0.39 is 39.3 Å². The van der Waals surface area contributed by atoms with E-state index >= 15 is 0 Å². The number of carbonyl (C=O) groups is 2. The van der Waals surface area contributed by atoms with Gasteiger partial charge < -0.3 is 10.2 Å². The summed E-state index contributed by atoms with van der Waals surface area (Å²) in [5.74, 6) is -1.05. The Bertz CT molecular complexity index is 1400. The monoisotopic (exact) mass is 602 g/mol. The molecule has 0 aliphatic carbocycles. The number of sulfonamides is 1. The molecule has 1 atom stereocenters. The SMILES string of the molecule is CCNC(=O)C(C)N(Cc1ccc(Br)cc1)C(=O)CN(c1cccc([N+](=O)[O-])c1)S(=O)(=O)c1ccccc1. The van der Waals surface area contributed by atoms with Crippen LogP contribution in [-0.4, -0.2) is 49.2 Å². The van der Waals surface area contributed by atoms with Gasteiger partial charge in [0.05, 0.1) is 15.5 Å². The average molecular weight is 603 g/mol. The molecule has 38 heavy (non-hydrogen) atoms. The number of nitro groups is 1. The molecule has 200 valence electrons. The second kappa shape index (κ2) is 12.7. The molecule has 10 nitrogen and oxygen atoms in total. The molecule has 0 saturated carbocycles. The molecule has 2 amide bonds. The predicted molar refractivity (Wildman–Crippen MR) is 147 cm³/mol. The van der Waals surface area contributed by atoms with Crippen LogP contribution in [0.4, 0.5) is 11.4 Å². The summed E-state index contributed by atoms with van der Waals surface area (Å²) in [5, 5.41) is 14.1. The standard InChI is InChI=1S/C26H27BrN4O6S/c1-3-28-26(33)19(2)29(17-20-12-14-21(27)15-13-20)25(32)18-30(22-8-7-9-23(16-22)31(34)35)38(36,37)24-10-5-4-6-11-24/h4-16,19H,3,17-18H2,1-2H3,(H,28,33).